The molecule has 172 valence electrons. The summed E-state index contributed by atoms with van der Waals surface area (Å²) in [5, 5.41) is 2.90. The van der Waals surface area contributed by atoms with Crippen LogP contribution in [0.15, 0.2) is 54.6 Å². The third-order valence-corrected chi connectivity index (χ3v) is 5.98. The number of piperidine rings is 1. The quantitative estimate of drug-likeness (QED) is 0.614. The normalized spacial score (nSPS) is 14.4. The molecule has 0 unspecified atom stereocenters. The molecule has 1 fully saturated rings. The van der Waals surface area contributed by atoms with Crippen molar-refractivity contribution in [3.8, 4) is 5.75 Å². The Morgan fingerprint density at radius 3 is 2.41 bits per heavy atom. The fraction of sp³-hybridized carbons (Fsp3) is 0.462. The molecule has 1 saturated heterocycles. The van der Waals surface area contributed by atoms with Gasteiger partial charge in [0.15, 0.2) is 0 Å². The fourth-order valence-electron chi connectivity index (χ4n) is 4.30. The van der Waals surface area contributed by atoms with E-state index in [1.54, 1.807) is 7.11 Å². The summed E-state index contributed by atoms with van der Waals surface area (Å²) in [6, 6.07) is 17.9. The number of likely N-dealkylation sites (tertiary alicyclic amines) is 1. The van der Waals surface area contributed by atoms with Gasteiger partial charge < -0.3 is 15.0 Å². The summed E-state index contributed by atoms with van der Waals surface area (Å²) in [5.41, 5.74) is 2.01. The third kappa shape index (κ3) is 7.09. The van der Waals surface area contributed by atoms with Crippen LogP contribution in [0, 0.1) is 5.92 Å². The minimum atomic E-state index is -0.141. The fourth-order valence-corrected chi connectivity index (χ4v) is 4.30. The van der Waals surface area contributed by atoms with Crippen LogP contribution in [0.4, 0.5) is 5.69 Å². The van der Waals surface area contributed by atoms with Gasteiger partial charge in [-0.15, -0.1) is 0 Å². The maximum Gasteiger partial charge on any atom is 0.238 e. The molecule has 0 spiro atoms. The first-order valence-corrected chi connectivity index (χ1v) is 11.6. The zero-order valence-electron chi connectivity index (χ0n) is 19.3. The summed E-state index contributed by atoms with van der Waals surface area (Å²) >= 11 is 0. The minimum absolute atomic E-state index is 0.113. The molecule has 2 amide bonds. The number of anilines is 1. The van der Waals surface area contributed by atoms with Gasteiger partial charge in [0.2, 0.25) is 11.8 Å². The number of para-hydroxylation sites is 2. The van der Waals surface area contributed by atoms with Gasteiger partial charge in [-0.25, -0.2) is 0 Å². The Labute approximate surface area is 191 Å². The van der Waals surface area contributed by atoms with Crippen LogP contribution >= 0.6 is 0 Å². The summed E-state index contributed by atoms with van der Waals surface area (Å²) in [6.45, 7) is 4.81. The van der Waals surface area contributed by atoms with Crippen molar-refractivity contribution in [3.63, 3.8) is 0 Å². The number of methoxy groups -OCH3 is 1. The Kier molecular flexibility index (Phi) is 9.11. The van der Waals surface area contributed by atoms with Gasteiger partial charge in [0.05, 0.1) is 25.9 Å². The minimum Gasteiger partial charge on any atom is -0.495 e. The van der Waals surface area contributed by atoms with Crippen LogP contribution in [-0.2, 0) is 16.0 Å². The van der Waals surface area contributed by atoms with E-state index < -0.39 is 0 Å². The number of rotatable bonds is 10. The molecule has 0 aliphatic carbocycles. The van der Waals surface area contributed by atoms with Crippen LogP contribution in [0.2, 0.25) is 0 Å². The van der Waals surface area contributed by atoms with Gasteiger partial charge in [-0.05, 0) is 55.8 Å². The first-order chi connectivity index (χ1) is 15.6. The molecule has 2 aromatic rings. The molecule has 1 heterocycles. The molecule has 0 aromatic heterocycles. The molecule has 0 saturated carbocycles. The van der Waals surface area contributed by atoms with Crippen molar-refractivity contribution in [2.45, 2.75) is 32.6 Å². The number of nitrogens with one attached hydrogen (secondary N) is 1. The predicted octanol–water partition coefficient (Wildman–Crippen LogP) is 3.83. The van der Waals surface area contributed by atoms with Crippen LogP contribution in [0.1, 0.15) is 31.7 Å². The van der Waals surface area contributed by atoms with Crippen molar-refractivity contribution in [1.29, 1.82) is 0 Å². The Bertz CT molecular complexity index is 864. The van der Waals surface area contributed by atoms with E-state index >= 15 is 0 Å². The van der Waals surface area contributed by atoms with E-state index in [-0.39, 0.29) is 24.9 Å². The maximum absolute atomic E-state index is 12.9. The smallest absolute Gasteiger partial charge is 0.238 e. The standard InChI is InChI=1S/C26H35N3O3/c1-3-15-28(19-25(30)27-23-11-7-8-12-24(23)32-2)20-26(31)29-16-13-22(14-17-29)18-21-9-5-4-6-10-21/h4-12,22H,3,13-20H2,1-2H3,(H,27,30). The van der Waals surface area contributed by atoms with E-state index in [9.17, 15) is 9.59 Å². The average Bonchev–Trinajstić information content (AvgIpc) is 2.80. The van der Waals surface area contributed by atoms with Gasteiger partial charge in [0, 0.05) is 13.1 Å². The number of hydrogen-bond acceptors (Lipinski definition) is 4. The van der Waals surface area contributed by atoms with E-state index in [2.05, 4.69) is 36.5 Å². The molecule has 1 aliphatic rings. The lowest BCUT2D eigenvalue weighted by Gasteiger charge is -2.33. The van der Waals surface area contributed by atoms with Crippen molar-refractivity contribution >= 4 is 17.5 Å². The summed E-state index contributed by atoms with van der Waals surface area (Å²) in [6.07, 6.45) is 4.02. The van der Waals surface area contributed by atoms with Crippen molar-refractivity contribution in [3.05, 3.63) is 60.2 Å². The summed E-state index contributed by atoms with van der Waals surface area (Å²) in [4.78, 5) is 29.4. The largest absolute Gasteiger partial charge is 0.495 e. The van der Waals surface area contributed by atoms with Gasteiger partial charge in [-0.1, -0.05) is 49.4 Å². The lowest BCUT2D eigenvalue weighted by atomic mass is 9.90. The average molecular weight is 438 g/mol. The number of carbonyl (C=O) groups excluding carboxylic acids is 2. The van der Waals surface area contributed by atoms with Crippen molar-refractivity contribution in [1.82, 2.24) is 9.80 Å². The number of benzene rings is 2. The number of ether oxygens (including phenoxy) is 1. The number of amides is 2. The molecule has 2 aromatic carbocycles. The Morgan fingerprint density at radius 1 is 1.03 bits per heavy atom. The highest BCUT2D eigenvalue weighted by Gasteiger charge is 2.25. The van der Waals surface area contributed by atoms with E-state index in [1.165, 1.54) is 5.56 Å². The van der Waals surface area contributed by atoms with Gasteiger partial charge >= 0.3 is 0 Å². The Balaban J connectivity index is 1.47. The highest BCUT2D eigenvalue weighted by Crippen LogP contribution is 2.23. The van der Waals surface area contributed by atoms with Gasteiger partial charge in [0.25, 0.3) is 0 Å². The molecule has 6 nitrogen and oxygen atoms in total. The second kappa shape index (κ2) is 12.2. The Hall–Kier alpha value is -2.86. The molecule has 0 bridgehead atoms. The summed E-state index contributed by atoms with van der Waals surface area (Å²) in [7, 11) is 1.58. The first kappa shape index (κ1) is 23.8. The second-order valence-corrected chi connectivity index (χ2v) is 8.47. The van der Waals surface area contributed by atoms with Crippen molar-refractivity contribution in [2.75, 3.05) is 45.2 Å². The highest BCUT2D eigenvalue weighted by molar-refractivity contribution is 5.94. The number of nitrogens with zero attached hydrogens (tertiary/aromatic N) is 2. The maximum atomic E-state index is 12.9. The van der Waals surface area contributed by atoms with E-state index in [4.69, 9.17) is 4.74 Å². The Morgan fingerprint density at radius 2 is 1.72 bits per heavy atom. The van der Waals surface area contributed by atoms with Crippen LogP contribution in [0.3, 0.4) is 0 Å². The molecule has 3 rings (SSSR count). The van der Waals surface area contributed by atoms with Crippen LogP contribution in [-0.4, -0.2) is 61.4 Å². The molecule has 1 N–H and O–H groups in total. The predicted molar refractivity (Wildman–Crippen MR) is 128 cm³/mol. The first-order valence-electron chi connectivity index (χ1n) is 11.6. The van der Waals surface area contributed by atoms with E-state index in [0.717, 1.165) is 38.8 Å². The van der Waals surface area contributed by atoms with Crippen molar-refractivity contribution in [2.24, 2.45) is 5.92 Å². The molecule has 1 aliphatic heterocycles. The van der Waals surface area contributed by atoms with Crippen molar-refractivity contribution < 1.29 is 14.3 Å². The summed E-state index contributed by atoms with van der Waals surface area (Å²) in [5.74, 6) is 1.22. The van der Waals surface area contributed by atoms with Crippen LogP contribution < -0.4 is 10.1 Å². The lowest BCUT2D eigenvalue weighted by Crippen LogP contribution is -2.46. The lowest BCUT2D eigenvalue weighted by molar-refractivity contribution is -0.134. The highest BCUT2D eigenvalue weighted by atomic mass is 16.5. The molecular formula is C26H35N3O3. The SMILES string of the molecule is CCCN(CC(=O)Nc1ccccc1OC)CC(=O)N1CCC(Cc2ccccc2)CC1. The second-order valence-electron chi connectivity index (χ2n) is 8.47. The van der Waals surface area contributed by atoms with Gasteiger partial charge in [-0.2, -0.15) is 0 Å². The number of hydrogen-bond donors (Lipinski definition) is 1. The number of carbonyl (C=O) groups is 2. The van der Waals surface area contributed by atoms with Crippen LogP contribution in [0.25, 0.3) is 0 Å². The molecule has 0 atom stereocenters. The molecule has 32 heavy (non-hydrogen) atoms. The zero-order chi connectivity index (χ0) is 22.8. The summed E-state index contributed by atoms with van der Waals surface area (Å²) < 4.78 is 5.30. The van der Waals surface area contributed by atoms with Gasteiger partial charge in [0.1, 0.15) is 5.75 Å². The van der Waals surface area contributed by atoms with Crippen LogP contribution in [0.5, 0.6) is 5.75 Å². The zero-order valence-corrected chi connectivity index (χ0v) is 19.3. The van der Waals surface area contributed by atoms with Gasteiger partial charge in [-0.3, -0.25) is 14.5 Å². The molecule has 6 heteroatoms. The van der Waals surface area contributed by atoms with E-state index in [1.807, 2.05) is 40.1 Å². The third-order valence-electron chi connectivity index (χ3n) is 5.98. The van der Waals surface area contributed by atoms with E-state index in [0.29, 0.717) is 23.9 Å². The topological polar surface area (TPSA) is 61.9 Å². The monoisotopic (exact) mass is 437 g/mol. The molecule has 0 radical (unpaired) electrons. The molecular weight excluding hydrogens is 402 g/mol.